The molecule has 0 fully saturated rings. The first-order chi connectivity index (χ1) is 9.16. The van der Waals surface area contributed by atoms with E-state index in [2.05, 4.69) is 15.9 Å². The summed E-state index contributed by atoms with van der Waals surface area (Å²) in [5.41, 5.74) is 0.397. The van der Waals surface area contributed by atoms with Gasteiger partial charge in [-0.3, -0.25) is 0 Å². The van der Waals surface area contributed by atoms with Crippen molar-refractivity contribution in [1.82, 2.24) is 0 Å². The lowest BCUT2D eigenvalue weighted by Crippen LogP contribution is -2.01. The van der Waals surface area contributed by atoms with Gasteiger partial charge in [-0.05, 0) is 18.2 Å². The van der Waals surface area contributed by atoms with Crippen LogP contribution in [0.1, 0.15) is 0 Å². The quantitative estimate of drug-likeness (QED) is 0.634. The zero-order valence-corrected chi connectivity index (χ0v) is 12.0. The van der Waals surface area contributed by atoms with Gasteiger partial charge in [0.05, 0.1) is 10.4 Å². The van der Waals surface area contributed by atoms with Crippen molar-refractivity contribution in [2.45, 2.75) is 0 Å². The van der Waals surface area contributed by atoms with E-state index in [1.54, 1.807) is 12.1 Å². The van der Waals surface area contributed by atoms with Crippen LogP contribution in [0.5, 0.6) is 0 Å². The monoisotopic (exact) mass is 334 g/mol. The van der Waals surface area contributed by atoms with Crippen LogP contribution in [0, 0.1) is 0 Å². The van der Waals surface area contributed by atoms with E-state index < -0.39 is 0 Å². The van der Waals surface area contributed by atoms with Crippen LogP contribution in [0.3, 0.4) is 0 Å². The van der Waals surface area contributed by atoms with Gasteiger partial charge in [-0.1, -0.05) is 57.9 Å². The Labute approximate surface area is 122 Å². The van der Waals surface area contributed by atoms with E-state index in [1.165, 1.54) is 0 Å². The first kappa shape index (κ1) is 12.5. The topological polar surface area (TPSA) is 30.2 Å². The second-order valence-electron chi connectivity index (χ2n) is 4.09. The molecule has 0 spiro atoms. The highest BCUT2D eigenvalue weighted by Crippen LogP contribution is 2.32. The second-order valence-corrected chi connectivity index (χ2v) is 5.38. The first-order valence-corrected chi connectivity index (χ1v) is 6.81. The number of benzene rings is 2. The summed E-state index contributed by atoms with van der Waals surface area (Å²) in [5.74, 6) is 0.401. The van der Waals surface area contributed by atoms with Crippen LogP contribution >= 0.6 is 27.5 Å². The van der Waals surface area contributed by atoms with Crippen molar-refractivity contribution in [1.29, 1.82) is 0 Å². The zero-order chi connectivity index (χ0) is 13.4. The van der Waals surface area contributed by atoms with Gasteiger partial charge in [-0.15, -0.1) is 0 Å². The van der Waals surface area contributed by atoms with Gasteiger partial charge in [0.2, 0.25) is 0 Å². The summed E-state index contributed by atoms with van der Waals surface area (Å²) in [6.07, 6.45) is 0. The Hall–Kier alpha value is -1.58. The summed E-state index contributed by atoms with van der Waals surface area (Å²) >= 11 is 9.71. The average Bonchev–Trinajstić information content (AvgIpc) is 2.44. The Morgan fingerprint density at radius 2 is 1.58 bits per heavy atom. The van der Waals surface area contributed by atoms with E-state index in [4.69, 9.17) is 16.0 Å². The largest absolute Gasteiger partial charge is 0.421 e. The van der Waals surface area contributed by atoms with Gasteiger partial charge in [0.1, 0.15) is 0 Å². The third kappa shape index (κ3) is 2.20. The molecule has 4 heteroatoms. The normalized spacial score (nSPS) is 10.8. The molecule has 94 valence electrons. The van der Waals surface area contributed by atoms with Crippen molar-refractivity contribution in [2.24, 2.45) is 0 Å². The van der Waals surface area contributed by atoms with E-state index in [9.17, 15) is 4.79 Å². The molecule has 0 bridgehead atoms. The van der Waals surface area contributed by atoms with Crippen LogP contribution in [0.2, 0.25) is 5.02 Å². The van der Waals surface area contributed by atoms with E-state index in [0.717, 1.165) is 10.0 Å². The third-order valence-corrected chi connectivity index (χ3v) is 3.79. The molecule has 0 atom stereocenters. The number of halogens is 2. The van der Waals surface area contributed by atoms with Gasteiger partial charge in [0.15, 0.2) is 5.76 Å². The SMILES string of the molecule is O=c1oc(-c2ccc(Br)cc2)c(Cl)c2ccccc12. The highest BCUT2D eigenvalue weighted by Gasteiger charge is 2.13. The van der Waals surface area contributed by atoms with E-state index in [1.807, 2.05) is 36.4 Å². The molecule has 2 nitrogen and oxygen atoms in total. The Balaban J connectivity index is 2.33. The summed E-state index contributed by atoms with van der Waals surface area (Å²) in [6, 6.07) is 14.6. The molecule has 1 heterocycles. The van der Waals surface area contributed by atoms with Gasteiger partial charge in [0, 0.05) is 15.4 Å². The highest BCUT2D eigenvalue weighted by atomic mass is 79.9. The van der Waals surface area contributed by atoms with Crippen LogP contribution in [0.25, 0.3) is 22.1 Å². The van der Waals surface area contributed by atoms with Crippen molar-refractivity contribution in [3.63, 3.8) is 0 Å². The number of fused-ring (bicyclic) bond motifs is 1. The minimum Gasteiger partial charge on any atom is -0.421 e. The van der Waals surface area contributed by atoms with Gasteiger partial charge in [-0.25, -0.2) is 4.79 Å². The first-order valence-electron chi connectivity index (χ1n) is 5.64. The summed E-state index contributed by atoms with van der Waals surface area (Å²) in [5, 5.41) is 1.66. The summed E-state index contributed by atoms with van der Waals surface area (Å²) in [4.78, 5) is 12.0. The van der Waals surface area contributed by atoms with Crippen molar-refractivity contribution >= 4 is 38.3 Å². The number of hydrogen-bond acceptors (Lipinski definition) is 2. The van der Waals surface area contributed by atoms with Crippen LogP contribution in [-0.2, 0) is 0 Å². The molecule has 0 aliphatic carbocycles. The minimum atomic E-state index is -0.377. The molecule has 0 aliphatic rings. The maximum Gasteiger partial charge on any atom is 0.344 e. The van der Waals surface area contributed by atoms with Crippen molar-refractivity contribution in [2.75, 3.05) is 0 Å². The Bertz CT molecular complexity index is 806. The molecule has 3 rings (SSSR count). The fourth-order valence-electron chi connectivity index (χ4n) is 1.95. The molecule has 0 aliphatic heterocycles. The minimum absolute atomic E-state index is 0.377. The molecular weight excluding hydrogens is 328 g/mol. The smallest absolute Gasteiger partial charge is 0.344 e. The summed E-state index contributed by atoms with van der Waals surface area (Å²) in [7, 11) is 0. The molecule has 0 saturated heterocycles. The second kappa shape index (κ2) is 4.83. The van der Waals surface area contributed by atoms with Crippen LogP contribution < -0.4 is 5.63 Å². The lowest BCUT2D eigenvalue weighted by molar-refractivity contribution is 0.535. The summed E-state index contributed by atoms with van der Waals surface area (Å²) < 4.78 is 6.30. The molecule has 0 saturated carbocycles. The van der Waals surface area contributed by atoms with Crippen molar-refractivity contribution in [3.05, 3.63) is 68.4 Å². The van der Waals surface area contributed by atoms with Gasteiger partial charge < -0.3 is 4.42 Å². The molecule has 1 aromatic heterocycles. The average molecular weight is 336 g/mol. The predicted molar refractivity (Wildman–Crippen MR) is 80.6 cm³/mol. The molecule has 2 aromatic carbocycles. The standard InChI is InChI=1S/C15H8BrClO2/c16-10-7-5-9(6-8-10)14-13(17)11-3-1-2-4-12(11)15(18)19-14/h1-8H. The Kier molecular flexibility index (Phi) is 3.17. The molecule has 3 aromatic rings. The van der Waals surface area contributed by atoms with Crippen molar-refractivity contribution in [3.8, 4) is 11.3 Å². The zero-order valence-electron chi connectivity index (χ0n) is 9.69. The Morgan fingerprint density at radius 3 is 2.26 bits per heavy atom. The van der Waals surface area contributed by atoms with Crippen LogP contribution in [-0.4, -0.2) is 0 Å². The summed E-state index contributed by atoms with van der Waals surface area (Å²) in [6.45, 7) is 0. The molecule has 19 heavy (non-hydrogen) atoms. The van der Waals surface area contributed by atoms with E-state index in [-0.39, 0.29) is 5.63 Å². The van der Waals surface area contributed by atoms with Gasteiger partial charge in [-0.2, -0.15) is 0 Å². The lowest BCUT2D eigenvalue weighted by Gasteiger charge is -2.06. The molecule has 0 amide bonds. The highest BCUT2D eigenvalue weighted by molar-refractivity contribution is 9.10. The maximum atomic E-state index is 12.0. The fraction of sp³-hybridized carbons (Fsp3) is 0. The predicted octanol–water partition coefficient (Wildman–Crippen LogP) is 4.88. The number of hydrogen-bond donors (Lipinski definition) is 0. The van der Waals surface area contributed by atoms with Crippen LogP contribution in [0.15, 0.2) is 62.2 Å². The number of rotatable bonds is 1. The van der Waals surface area contributed by atoms with E-state index >= 15 is 0 Å². The molecule has 0 unspecified atom stereocenters. The maximum absolute atomic E-state index is 12.0. The molecule has 0 N–H and O–H groups in total. The lowest BCUT2D eigenvalue weighted by atomic mass is 10.1. The third-order valence-electron chi connectivity index (χ3n) is 2.88. The Morgan fingerprint density at radius 1 is 0.947 bits per heavy atom. The van der Waals surface area contributed by atoms with E-state index in [0.29, 0.717) is 21.6 Å². The van der Waals surface area contributed by atoms with Crippen LogP contribution in [0.4, 0.5) is 0 Å². The van der Waals surface area contributed by atoms with Crippen molar-refractivity contribution < 1.29 is 4.42 Å². The fourth-order valence-corrected chi connectivity index (χ4v) is 2.53. The van der Waals surface area contributed by atoms with Gasteiger partial charge in [0.25, 0.3) is 0 Å². The van der Waals surface area contributed by atoms with Gasteiger partial charge >= 0.3 is 5.63 Å². The molecule has 0 radical (unpaired) electrons. The molecular formula is C15H8BrClO2.